The Morgan fingerprint density at radius 1 is 1.32 bits per heavy atom. The van der Waals surface area contributed by atoms with E-state index in [0.29, 0.717) is 5.69 Å². The van der Waals surface area contributed by atoms with Gasteiger partial charge < -0.3 is 0 Å². The molecule has 0 aliphatic carbocycles. The lowest BCUT2D eigenvalue weighted by Crippen LogP contribution is -2.24. The number of nitrogens with zero attached hydrogens (tertiary/aromatic N) is 3. The molecular formula is C13H16N4O2. The molecule has 0 unspecified atom stereocenters. The van der Waals surface area contributed by atoms with Gasteiger partial charge in [0.05, 0.1) is 30.6 Å². The number of hydroxylamine groups is 1. The first kappa shape index (κ1) is 13.2. The quantitative estimate of drug-likeness (QED) is 0.836. The Kier molecular flexibility index (Phi) is 3.91. The molecule has 19 heavy (non-hydrogen) atoms. The molecule has 1 aromatic heterocycles. The Bertz CT molecular complexity index is 575. The van der Waals surface area contributed by atoms with Crippen molar-refractivity contribution >= 4 is 5.91 Å². The van der Waals surface area contributed by atoms with E-state index in [1.54, 1.807) is 4.68 Å². The van der Waals surface area contributed by atoms with E-state index in [2.05, 4.69) is 20.6 Å². The highest BCUT2D eigenvalue weighted by atomic mass is 16.6. The Hall–Kier alpha value is -2.21. The van der Waals surface area contributed by atoms with Crippen LogP contribution in [0.25, 0.3) is 5.69 Å². The summed E-state index contributed by atoms with van der Waals surface area (Å²) >= 11 is 0. The third-order valence-electron chi connectivity index (χ3n) is 2.81. The predicted molar refractivity (Wildman–Crippen MR) is 69.7 cm³/mol. The van der Waals surface area contributed by atoms with Gasteiger partial charge in [-0.15, -0.1) is 5.10 Å². The summed E-state index contributed by atoms with van der Waals surface area (Å²) in [6, 6.07) is 7.95. The van der Waals surface area contributed by atoms with Gasteiger partial charge in [-0.25, -0.2) is 10.2 Å². The Labute approximate surface area is 111 Å². The molecule has 1 aromatic carbocycles. The smallest absolute Gasteiger partial charge is 0.249 e. The van der Waals surface area contributed by atoms with Gasteiger partial charge in [-0.05, 0) is 26.0 Å². The fraction of sp³-hybridized carbons (Fsp3) is 0.308. The van der Waals surface area contributed by atoms with Crippen LogP contribution >= 0.6 is 0 Å². The molecule has 6 nitrogen and oxygen atoms in total. The zero-order valence-electron chi connectivity index (χ0n) is 11.2. The van der Waals surface area contributed by atoms with Crippen LogP contribution in [0.3, 0.4) is 0 Å². The van der Waals surface area contributed by atoms with Crippen LogP contribution in [0.15, 0.2) is 24.3 Å². The van der Waals surface area contributed by atoms with Gasteiger partial charge in [-0.3, -0.25) is 9.63 Å². The van der Waals surface area contributed by atoms with Crippen molar-refractivity contribution in [3.05, 3.63) is 41.2 Å². The van der Waals surface area contributed by atoms with E-state index >= 15 is 0 Å². The number of aromatic nitrogens is 3. The number of hydrogen-bond donors (Lipinski definition) is 1. The highest BCUT2D eigenvalue weighted by Crippen LogP contribution is 2.13. The lowest BCUT2D eigenvalue weighted by molar-refractivity contribution is -0.130. The fourth-order valence-corrected chi connectivity index (χ4v) is 1.76. The van der Waals surface area contributed by atoms with E-state index in [0.717, 1.165) is 11.4 Å². The Morgan fingerprint density at radius 3 is 2.63 bits per heavy atom. The summed E-state index contributed by atoms with van der Waals surface area (Å²) in [5.74, 6) is -0.249. The van der Waals surface area contributed by atoms with E-state index in [-0.39, 0.29) is 12.3 Å². The number of hydrogen-bond acceptors (Lipinski definition) is 4. The molecule has 0 fully saturated rings. The Balaban J connectivity index is 2.23. The first-order valence-electron chi connectivity index (χ1n) is 5.92. The molecule has 1 amide bonds. The maximum absolute atomic E-state index is 11.4. The predicted octanol–water partition coefficient (Wildman–Crippen LogP) is 1.10. The molecule has 2 rings (SSSR count). The van der Waals surface area contributed by atoms with Crippen molar-refractivity contribution in [3.63, 3.8) is 0 Å². The van der Waals surface area contributed by atoms with Crippen molar-refractivity contribution in [2.75, 3.05) is 7.11 Å². The summed E-state index contributed by atoms with van der Waals surface area (Å²) in [6.07, 6.45) is 0.144. The summed E-state index contributed by atoms with van der Waals surface area (Å²) in [5.41, 5.74) is 5.85. The van der Waals surface area contributed by atoms with E-state index in [9.17, 15) is 4.79 Å². The molecule has 2 aromatic rings. The SMILES string of the molecule is CONC(=O)Cc1nnn(-c2ccc(C)cc2)c1C. The number of benzene rings is 1. The standard InChI is InChI=1S/C13H16N4O2/c1-9-4-6-11(7-5-9)17-10(2)12(14-16-17)8-13(18)15-19-3/h4-7H,8H2,1-3H3,(H,15,18). The highest BCUT2D eigenvalue weighted by molar-refractivity contribution is 5.77. The molecule has 1 heterocycles. The van der Waals surface area contributed by atoms with Crippen LogP contribution in [0.2, 0.25) is 0 Å². The molecule has 0 atom stereocenters. The monoisotopic (exact) mass is 260 g/mol. The third kappa shape index (κ3) is 2.97. The van der Waals surface area contributed by atoms with E-state index in [1.165, 1.54) is 12.7 Å². The minimum Gasteiger partial charge on any atom is -0.277 e. The summed E-state index contributed by atoms with van der Waals surface area (Å²) in [6.45, 7) is 3.91. The van der Waals surface area contributed by atoms with E-state index in [4.69, 9.17) is 0 Å². The van der Waals surface area contributed by atoms with Crippen LogP contribution in [0, 0.1) is 13.8 Å². The molecule has 0 aliphatic rings. The first-order chi connectivity index (χ1) is 9.11. The van der Waals surface area contributed by atoms with Gasteiger partial charge in [0.25, 0.3) is 0 Å². The van der Waals surface area contributed by atoms with Crippen LogP contribution in [0.5, 0.6) is 0 Å². The van der Waals surface area contributed by atoms with Crippen molar-refractivity contribution in [3.8, 4) is 5.69 Å². The van der Waals surface area contributed by atoms with Crippen molar-refractivity contribution in [2.24, 2.45) is 0 Å². The second-order valence-corrected chi connectivity index (χ2v) is 4.28. The highest BCUT2D eigenvalue weighted by Gasteiger charge is 2.13. The normalized spacial score (nSPS) is 10.5. The van der Waals surface area contributed by atoms with Gasteiger partial charge in [-0.1, -0.05) is 22.9 Å². The average Bonchev–Trinajstić information content (AvgIpc) is 2.73. The number of carbonyl (C=O) groups is 1. The van der Waals surface area contributed by atoms with Crippen LogP contribution in [-0.2, 0) is 16.1 Å². The van der Waals surface area contributed by atoms with Crippen molar-refractivity contribution < 1.29 is 9.63 Å². The maximum atomic E-state index is 11.4. The van der Waals surface area contributed by atoms with Gasteiger partial charge in [0.15, 0.2) is 0 Å². The van der Waals surface area contributed by atoms with Crippen LogP contribution in [-0.4, -0.2) is 28.0 Å². The van der Waals surface area contributed by atoms with Crippen LogP contribution in [0.4, 0.5) is 0 Å². The molecule has 0 saturated heterocycles. The molecule has 0 bridgehead atoms. The van der Waals surface area contributed by atoms with Gasteiger partial charge in [0, 0.05) is 0 Å². The number of rotatable bonds is 4. The summed E-state index contributed by atoms with van der Waals surface area (Å²) in [7, 11) is 1.40. The van der Waals surface area contributed by atoms with Crippen LogP contribution < -0.4 is 5.48 Å². The number of aryl methyl sites for hydroxylation is 1. The summed E-state index contributed by atoms with van der Waals surface area (Å²) in [5, 5.41) is 8.11. The summed E-state index contributed by atoms with van der Waals surface area (Å²) in [4.78, 5) is 16.0. The lowest BCUT2D eigenvalue weighted by Gasteiger charge is -2.04. The lowest BCUT2D eigenvalue weighted by atomic mass is 10.2. The fourth-order valence-electron chi connectivity index (χ4n) is 1.76. The molecule has 1 N–H and O–H groups in total. The van der Waals surface area contributed by atoms with Gasteiger partial charge in [-0.2, -0.15) is 0 Å². The van der Waals surface area contributed by atoms with Gasteiger partial charge >= 0.3 is 0 Å². The Morgan fingerprint density at radius 2 is 2.00 bits per heavy atom. The zero-order valence-corrected chi connectivity index (χ0v) is 11.2. The number of amides is 1. The zero-order chi connectivity index (χ0) is 13.8. The maximum Gasteiger partial charge on any atom is 0.249 e. The van der Waals surface area contributed by atoms with Crippen molar-refractivity contribution in [1.29, 1.82) is 0 Å². The number of nitrogens with one attached hydrogen (secondary N) is 1. The average molecular weight is 260 g/mol. The number of carbonyl (C=O) groups excluding carboxylic acids is 1. The van der Waals surface area contributed by atoms with Gasteiger partial charge in [0.2, 0.25) is 5.91 Å². The largest absolute Gasteiger partial charge is 0.277 e. The molecule has 0 spiro atoms. The topological polar surface area (TPSA) is 69.0 Å². The van der Waals surface area contributed by atoms with Crippen molar-refractivity contribution in [1.82, 2.24) is 20.5 Å². The molecule has 0 aliphatic heterocycles. The molecule has 6 heteroatoms. The minimum atomic E-state index is -0.249. The molecule has 0 radical (unpaired) electrons. The summed E-state index contributed by atoms with van der Waals surface area (Å²) < 4.78 is 1.72. The van der Waals surface area contributed by atoms with E-state index < -0.39 is 0 Å². The molecule has 100 valence electrons. The van der Waals surface area contributed by atoms with E-state index in [1.807, 2.05) is 38.1 Å². The molecular weight excluding hydrogens is 244 g/mol. The minimum absolute atomic E-state index is 0.144. The van der Waals surface area contributed by atoms with Crippen molar-refractivity contribution in [2.45, 2.75) is 20.3 Å². The second-order valence-electron chi connectivity index (χ2n) is 4.28. The third-order valence-corrected chi connectivity index (χ3v) is 2.81. The molecule has 0 saturated carbocycles. The van der Waals surface area contributed by atoms with Crippen LogP contribution in [0.1, 0.15) is 17.0 Å². The second kappa shape index (κ2) is 5.62. The first-order valence-corrected chi connectivity index (χ1v) is 5.92. The van der Waals surface area contributed by atoms with Gasteiger partial charge in [0.1, 0.15) is 0 Å².